The molecule has 0 aliphatic carbocycles. The van der Waals surface area contributed by atoms with Crippen LogP contribution in [-0.2, 0) is 9.53 Å². The third-order valence-electron chi connectivity index (χ3n) is 3.44. The minimum absolute atomic E-state index is 0.0718. The van der Waals surface area contributed by atoms with E-state index in [-0.39, 0.29) is 30.1 Å². The smallest absolute Gasteiger partial charge is 0.223 e. The van der Waals surface area contributed by atoms with Crippen LogP contribution in [0.2, 0.25) is 0 Å². The Balaban J connectivity index is 2.31. The highest BCUT2D eigenvalue weighted by Crippen LogP contribution is 2.24. The van der Waals surface area contributed by atoms with Crippen LogP contribution >= 0.6 is 0 Å². The molecule has 106 valence electrons. The zero-order chi connectivity index (χ0) is 13.7. The van der Waals surface area contributed by atoms with Gasteiger partial charge in [-0.3, -0.25) is 4.79 Å². The van der Waals surface area contributed by atoms with E-state index in [1.807, 2.05) is 20.8 Å². The SMILES string of the molecule is CC(O)CC(C)CNC(=O)C1CC(C)OC(C)C1. The Morgan fingerprint density at radius 2 is 1.89 bits per heavy atom. The molecule has 0 aromatic carbocycles. The van der Waals surface area contributed by atoms with E-state index in [0.29, 0.717) is 12.5 Å². The molecule has 4 unspecified atom stereocenters. The Morgan fingerprint density at radius 1 is 1.33 bits per heavy atom. The first kappa shape index (κ1) is 15.4. The summed E-state index contributed by atoms with van der Waals surface area (Å²) in [6.45, 7) is 8.50. The fourth-order valence-electron chi connectivity index (χ4n) is 2.70. The van der Waals surface area contributed by atoms with E-state index in [2.05, 4.69) is 5.32 Å². The quantitative estimate of drug-likeness (QED) is 0.788. The van der Waals surface area contributed by atoms with Crippen molar-refractivity contribution in [1.29, 1.82) is 0 Å². The molecule has 1 amide bonds. The largest absolute Gasteiger partial charge is 0.393 e. The topological polar surface area (TPSA) is 58.6 Å². The summed E-state index contributed by atoms with van der Waals surface area (Å²) >= 11 is 0. The molecule has 0 saturated carbocycles. The summed E-state index contributed by atoms with van der Waals surface area (Å²) in [6.07, 6.45) is 2.36. The lowest BCUT2D eigenvalue weighted by atomic mass is 9.91. The lowest BCUT2D eigenvalue weighted by molar-refractivity contribution is -0.133. The molecular formula is C14H27NO3. The third kappa shape index (κ3) is 5.36. The number of carbonyl (C=O) groups is 1. The molecule has 4 nitrogen and oxygen atoms in total. The van der Waals surface area contributed by atoms with Crippen LogP contribution in [0.5, 0.6) is 0 Å². The zero-order valence-corrected chi connectivity index (χ0v) is 12.0. The van der Waals surface area contributed by atoms with E-state index in [1.54, 1.807) is 6.92 Å². The third-order valence-corrected chi connectivity index (χ3v) is 3.44. The summed E-state index contributed by atoms with van der Waals surface area (Å²) in [5.74, 6) is 0.514. The molecule has 18 heavy (non-hydrogen) atoms. The van der Waals surface area contributed by atoms with Gasteiger partial charge in [-0.2, -0.15) is 0 Å². The fourth-order valence-corrected chi connectivity index (χ4v) is 2.70. The van der Waals surface area contributed by atoms with Crippen LogP contribution in [0.4, 0.5) is 0 Å². The highest BCUT2D eigenvalue weighted by Gasteiger charge is 2.29. The second-order valence-corrected chi connectivity index (χ2v) is 5.86. The van der Waals surface area contributed by atoms with Crippen molar-refractivity contribution < 1.29 is 14.6 Å². The highest BCUT2D eigenvalue weighted by molar-refractivity contribution is 5.78. The Kier molecular flexibility index (Phi) is 6.09. The number of amides is 1. The van der Waals surface area contributed by atoms with Gasteiger partial charge in [0.05, 0.1) is 18.3 Å². The monoisotopic (exact) mass is 257 g/mol. The normalized spacial score (nSPS) is 31.7. The molecule has 0 bridgehead atoms. The van der Waals surface area contributed by atoms with Gasteiger partial charge in [-0.25, -0.2) is 0 Å². The highest BCUT2D eigenvalue weighted by atomic mass is 16.5. The van der Waals surface area contributed by atoms with Crippen molar-refractivity contribution in [3.63, 3.8) is 0 Å². The van der Waals surface area contributed by atoms with Gasteiger partial charge < -0.3 is 15.2 Å². The number of rotatable bonds is 5. The van der Waals surface area contributed by atoms with Gasteiger partial charge in [0.2, 0.25) is 5.91 Å². The number of hydrogen-bond acceptors (Lipinski definition) is 3. The van der Waals surface area contributed by atoms with Crippen molar-refractivity contribution in [3.05, 3.63) is 0 Å². The summed E-state index contributed by atoms with van der Waals surface area (Å²) in [7, 11) is 0. The molecule has 0 aromatic rings. The number of nitrogens with one attached hydrogen (secondary N) is 1. The van der Waals surface area contributed by atoms with Gasteiger partial charge in [-0.05, 0) is 46.0 Å². The first-order chi connectivity index (χ1) is 8.38. The van der Waals surface area contributed by atoms with Gasteiger partial charge >= 0.3 is 0 Å². The molecule has 0 aromatic heterocycles. The first-order valence-corrected chi connectivity index (χ1v) is 6.99. The maximum Gasteiger partial charge on any atom is 0.223 e. The number of carbonyl (C=O) groups excluding carboxylic acids is 1. The van der Waals surface area contributed by atoms with Gasteiger partial charge in [0.15, 0.2) is 0 Å². The van der Waals surface area contributed by atoms with Crippen LogP contribution in [0.25, 0.3) is 0 Å². The minimum Gasteiger partial charge on any atom is -0.393 e. The molecule has 0 spiro atoms. The summed E-state index contributed by atoms with van der Waals surface area (Å²) in [6, 6.07) is 0. The van der Waals surface area contributed by atoms with Crippen molar-refractivity contribution in [2.24, 2.45) is 11.8 Å². The molecular weight excluding hydrogens is 230 g/mol. The molecule has 1 rings (SSSR count). The van der Waals surface area contributed by atoms with Crippen molar-refractivity contribution in [3.8, 4) is 0 Å². The zero-order valence-electron chi connectivity index (χ0n) is 12.0. The summed E-state index contributed by atoms with van der Waals surface area (Å²) in [5.41, 5.74) is 0. The molecule has 4 heteroatoms. The number of ether oxygens (including phenoxy) is 1. The average Bonchev–Trinajstić information content (AvgIpc) is 2.23. The first-order valence-electron chi connectivity index (χ1n) is 6.99. The Hall–Kier alpha value is -0.610. The van der Waals surface area contributed by atoms with E-state index in [4.69, 9.17) is 4.74 Å². The molecule has 1 fully saturated rings. The molecule has 1 heterocycles. The van der Waals surface area contributed by atoms with Crippen molar-refractivity contribution >= 4 is 5.91 Å². The Labute approximate surface area is 110 Å². The van der Waals surface area contributed by atoms with Gasteiger partial charge in [0.1, 0.15) is 0 Å². The van der Waals surface area contributed by atoms with Crippen molar-refractivity contribution in [1.82, 2.24) is 5.32 Å². The molecule has 4 atom stereocenters. The van der Waals surface area contributed by atoms with Gasteiger partial charge in [-0.1, -0.05) is 6.92 Å². The van der Waals surface area contributed by atoms with Crippen LogP contribution in [-0.4, -0.2) is 35.9 Å². The Bertz CT molecular complexity index is 258. The average molecular weight is 257 g/mol. The molecule has 1 saturated heterocycles. The van der Waals surface area contributed by atoms with Crippen molar-refractivity contribution in [2.75, 3.05) is 6.54 Å². The minimum atomic E-state index is -0.306. The number of aliphatic hydroxyl groups is 1. The summed E-state index contributed by atoms with van der Waals surface area (Å²) in [5, 5.41) is 12.3. The predicted molar refractivity (Wildman–Crippen MR) is 71.2 cm³/mol. The van der Waals surface area contributed by atoms with E-state index in [0.717, 1.165) is 19.3 Å². The van der Waals surface area contributed by atoms with Gasteiger partial charge in [-0.15, -0.1) is 0 Å². The van der Waals surface area contributed by atoms with Crippen LogP contribution in [0.1, 0.15) is 47.0 Å². The van der Waals surface area contributed by atoms with E-state index >= 15 is 0 Å². The predicted octanol–water partition coefficient (Wildman–Crippen LogP) is 1.71. The van der Waals surface area contributed by atoms with E-state index in [9.17, 15) is 9.90 Å². The second kappa shape index (κ2) is 7.10. The lowest BCUT2D eigenvalue weighted by Crippen LogP contribution is -2.40. The number of aliphatic hydroxyl groups excluding tert-OH is 1. The van der Waals surface area contributed by atoms with Crippen LogP contribution in [0.3, 0.4) is 0 Å². The summed E-state index contributed by atoms with van der Waals surface area (Å²) in [4.78, 5) is 12.1. The molecule has 0 radical (unpaired) electrons. The lowest BCUT2D eigenvalue weighted by Gasteiger charge is -2.31. The Morgan fingerprint density at radius 3 is 2.39 bits per heavy atom. The number of hydrogen-bond donors (Lipinski definition) is 2. The molecule has 1 aliphatic heterocycles. The van der Waals surface area contributed by atoms with Crippen LogP contribution in [0.15, 0.2) is 0 Å². The van der Waals surface area contributed by atoms with E-state index < -0.39 is 0 Å². The second-order valence-electron chi connectivity index (χ2n) is 5.86. The van der Waals surface area contributed by atoms with Crippen molar-refractivity contribution in [2.45, 2.75) is 65.3 Å². The summed E-state index contributed by atoms with van der Waals surface area (Å²) < 4.78 is 5.63. The van der Waals surface area contributed by atoms with Gasteiger partial charge in [0, 0.05) is 12.5 Å². The van der Waals surface area contributed by atoms with Gasteiger partial charge in [0.25, 0.3) is 0 Å². The molecule has 1 aliphatic rings. The van der Waals surface area contributed by atoms with Crippen LogP contribution < -0.4 is 5.32 Å². The van der Waals surface area contributed by atoms with Crippen LogP contribution in [0, 0.1) is 11.8 Å². The molecule has 2 N–H and O–H groups in total. The standard InChI is InChI=1S/C14H27NO3/c1-9(5-10(2)16)8-15-14(17)13-6-11(3)18-12(4)7-13/h9-13,16H,5-8H2,1-4H3,(H,15,17). The maximum atomic E-state index is 12.1. The van der Waals surface area contributed by atoms with E-state index in [1.165, 1.54) is 0 Å². The fraction of sp³-hybridized carbons (Fsp3) is 0.929. The maximum absolute atomic E-state index is 12.1.